The Morgan fingerprint density at radius 3 is 2.90 bits per heavy atom. The van der Waals surface area contributed by atoms with Crippen molar-refractivity contribution in [3.8, 4) is 11.8 Å². The first-order valence-electron chi connectivity index (χ1n) is 5.44. The molecule has 0 saturated carbocycles. The Bertz CT molecular complexity index is 664. The topological polar surface area (TPSA) is 62.1 Å². The van der Waals surface area contributed by atoms with E-state index in [1.54, 1.807) is 11.4 Å². The summed E-state index contributed by atoms with van der Waals surface area (Å²) in [6.07, 6.45) is 0. The molecule has 0 saturated heterocycles. The number of ether oxygens (including phenoxy) is 1. The number of nitrogens with one attached hydrogen (secondary N) is 1. The number of anilines is 1. The zero-order valence-corrected chi connectivity index (χ0v) is 10.8. The normalized spacial score (nSPS) is 10.1. The van der Waals surface area contributed by atoms with E-state index < -0.39 is 12.5 Å². The lowest BCUT2D eigenvalue weighted by Crippen LogP contribution is -2.12. The summed E-state index contributed by atoms with van der Waals surface area (Å²) < 4.78 is 28.4. The highest BCUT2D eigenvalue weighted by molar-refractivity contribution is 7.14. The van der Waals surface area contributed by atoms with Crippen LogP contribution in [0.15, 0.2) is 35.7 Å². The van der Waals surface area contributed by atoms with Gasteiger partial charge in [-0.15, -0.1) is 11.3 Å². The van der Waals surface area contributed by atoms with E-state index in [2.05, 4.69) is 10.1 Å². The highest BCUT2D eigenvalue weighted by Crippen LogP contribution is 2.23. The molecule has 1 heterocycles. The number of hydrogen-bond acceptors (Lipinski definition) is 4. The fraction of sp³-hybridized carbons (Fsp3) is 0.0769. The van der Waals surface area contributed by atoms with Crippen molar-refractivity contribution in [2.75, 3.05) is 5.32 Å². The number of carbonyl (C=O) groups is 1. The van der Waals surface area contributed by atoms with Crippen molar-refractivity contribution < 1.29 is 18.3 Å². The summed E-state index contributed by atoms with van der Waals surface area (Å²) in [6.45, 7) is -2.95. The van der Waals surface area contributed by atoms with E-state index >= 15 is 0 Å². The highest BCUT2D eigenvalue weighted by atomic mass is 32.1. The number of halogens is 2. The fourth-order valence-corrected chi connectivity index (χ4v) is 2.22. The van der Waals surface area contributed by atoms with Crippen molar-refractivity contribution in [3.05, 3.63) is 46.8 Å². The Balaban J connectivity index is 2.15. The molecule has 0 radical (unpaired) electrons. The van der Waals surface area contributed by atoms with Crippen LogP contribution in [0.1, 0.15) is 15.9 Å². The second-order valence-electron chi connectivity index (χ2n) is 3.64. The summed E-state index contributed by atoms with van der Waals surface area (Å²) in [5, 5.41) is 13.5. The molecule has 0 atom stereocenters. The maximum Gasteiger partial charge on any atom is 0.387 e. The van der Waals surface area contributed by atoms with Crippen LogP contribution in [0.4, 0.5) is 13.8 Å². The van der Waals surface area contributed by atoms with Crippen LogP contribution in [0.25, 0.3) is 0 Å². The van der Waals surface area contributed by atoms with Crippen LogP contribution in [0, 0.1) is 11.3 Å². The first-order valence-corrected chi connectivity index (χ1v) is 6.32. The van der Waals surface area contributed by atoms with Crippen molar-refractivity contribution in [2.45, 2.75) is 6.61 Å². The van der Waals surface area contributed by atoms with Gasteiger partial charge in [-0.2, -0.15) is 14.0 Å². The average molecular weight is 294 g/mol. The van der Waals surface area contributed by atoms with Gasteiger partial charge in [0.25, 0.3) is 5.91 Å². The molecule has 2 rings (SSSR count). The molecule has 1 aromatic carbocycles. The summed E-state index contributed by atoms with van der Waals surface area (Å²) >= 11 is 1.21. The van der Waals surface area contributed by atoms with Gasteiger partial charge in [0, 0.05) is 5.56 Å². The second-order valence-corrected chi connectivity index (χ2v) is 4.55. The number of rotatable bonds is 4. The van der Waals surface area contributed by atoms with Gasteiger partial charge in [-0.1, -0.05) is 6.07 Å². The van der Waals surface area contributed by atoms with Crippen LogP contribution in [-0.4, -0.2) is 12.5 Å². The molecule has 0 aliphatic rings. The van der Waals surface area contributed by atoms with Crippen molar-refractivity contribution >= 4 is 22.2 Å². The van der Waals surface area contributed by atoms with Gasteiger partial charge in [-0.05, 0) is 29.6 Å². The first-order chi connectivity index (χ1) is 9.60. The van der Waals surface area contributed by atoms with Gasteiger partial charge in [0.05, 0.1) is 5.56 Å². The van der Waals surface area contributed by atoms with Gasteiger partial charge in [-0.3, -0.25) is 4.79 Å². The average Bonchev–Trinajstić information content (AvgIpc) is 2.85. The molecule has 0 spiro atoms. The molecule has 0 fully saturated rings. The number of benzene rings is 1. The molecule has 0 aliphatic heterocycles. The number of amides is 1. The van der Waals surface area contributed by atoms with Crippen LogP contribution in [0.5, 0.6) is 5.75 Å². The van der Waals surface area contributed by atoms with E-state index in [1.165, 1.54) is 35.6 Å². The molecule has 102 valence electrons. The van der Waals surface area contributed by atoms with E-state index in [4.69, 9.17) is 5.26 Å². The molecule has 0 unspecified atom stereocenters. The molecule has 0 aliphatic carbocycles. The Morgan fingerprint density at radius 2 is 2.20 bits per heavy atom. The summed E-state index contributed by atoms with van der Waals surface area (Å²) in [4.78, 5) is 12.0. The minimum Gasteiger partial charge on any atom is -0.435 e. The Morgan fingerprint density at radius 1 is 1.40 bits per heavy atom. The van der Waals surface area contributed by atoms with E-state index in [0.29, 0.717) is 10.6 Å². The minimum absolute atomic E-state index is 0.0978. The number of hydrogen-bond donors (Lipinski definition) is 1. The SMILES string of the molecule is N#Cc1ccsc1NC(=O)c1cccc(OC(F)F)c1. The summed E-state index contributed by atoms with van der Waals surface area (Å²) in [6, 6.07) is 8.96. The third-order valence-corrected chi connectivity index (χ3v) is 3.16. The molecule has 2 aromatic rings. The molecule has 1 N–H and O–H groups in total. The monoisotopic (exact) mass is 294 g/mol. The molecular formula is C13H8F2N2O2S. The van der Waals surface area contributed by atoms with Gasteiger partial charge in [0.15, 0.2) is 0 Å². The van der Waals surface area contributed by atoms with Gasteiger partial charge in [0.1, 0.15) is 16.8 Å². The van der Waals surface area contributed by atoms with E-state index in [9.17, 15) is 13.6 Å². The number of nitrogens with zero attached hydrogens (tertiary/aromatic N) is 1. The molecule has 4 nitrogen and oxygen atoms in total. The van der Waals surface area contributed by atoms with Crippen LogP contribution < -0.4 is 10.1 Å². The lowest BCUT2D eigenvalue weighted by atomic mass is 10.2. The maximum atomic E-state index is 12.1. The molecule has 1 amide bonds. The zero-order valence-electron chi connectivity index (χ0n) is 9.97. The summed E-state index contributed by atoms with van der Waals surface area (Å²) in [5.41, 5.74) is 0.517. The highest BCUT2D eigenvalue weighted by Gasteiger charge is 2.12. The molecule has 0 bridgehead atoms. The van der Waals surface area contributed by atoms with Crippen LogP contribution >= 0.6 is 11.3 Å². The van der Waals surface area contributed by atoms with Crippen molar-refractivity contribution in [3.63, 3.8) is 0 Å². The number of carbonyl (C=O) groups excluding carboxylic acids is 1. The van der Waals surface area contributed by atoms with Gasteiger partial charge in [0.2, 0.25) is 0 Å². The Hall–Kier alpha value is -2.46. The number of nitriles is 1. The van der Waals surface area contributed by atoms with Crippen LogP contribution in [0.3, 0.4) is 0 Å². The largest absolute Gasteiger partial charge is 0.435 e. The standard InChI is InChI=1S/C13H8F2N2O2S/c14-13(15)19-10-3-1-2-8(6-10)11(18)17-12-9(7-16)4-5-20-12/h1-6,13H,(H,17,18). The van der Waals surface area contributed by atoms with Crippen LogP contribution in [-0.2, 0) is 0 Å². The van der Waals surface area contributed by atoms with Crippen LogP contribution in [0.2, 0.25) is 0 Å². The lowest BCUT2D eigenvalue weighted by Gasteiger charge is -2.07. The van der Waals surface area contributed by atoms with Crippen molar-refractivity contribution in [1.29, 1.82) is 5.26 Å². The Kier molecular flexibility index (Phi) is 4.27. The zero-order chi connectivity index (χ0) is 14.5. The minimum atomic E-state index is -2.95. The number of thiophene rings is 1. The maximum absolute atomic E-state index is 12.1. The third kappa shape index (κ3) is 3.30. The van der Waals surface area contributed by atoms with E-state index in [0.717, 1.165) is 0 Å². The third-order valence-electron chi connectivity index (χ3n) is 2.33. The van der Waals surface area contributed by atoms with E-state index in [-0.39, 0.29) is 11.3 Å². The lowest BCUT2D eigenvalue weighted by molar-refractivity contribution is -0.0498. The summed E-state index contributed by atoms with van der Waals surface area (Å²) in [7, 11) is 0. The van der Waals surface area contributed by atoms with Gasteiger partial charge >= 0.3 is 6.61 Å². The fourth-order valence-electron chi connectivity index (χ4n) is 1.48. The predicted octanol–water partition coefficient (Wildman–Crippen LogP) is 3.47. The second kappa shape index (κ2) is 6.12. The number of alkyl halides is 2. The Labute approximate surface area is 117 Å². The van der Waals surface area contributed by atoms with E-state index in [1.807, 2.05) is 6.07 Å². The quantitative estimate of drug-likeness (QED) is 0.939. The molecule has 20 heavy (non-hydrogen) atoms. The van der Waals surface area contributed by atoms with Crippen molar-refractivity contribution in [1.82, 2.24) is 0 Å². The first kappa shape index (κ1) is 14.0. The molecular weight excluding hydrogens is 286 g/mol. The van der Waals surface area contributed by atoms with Gasteiger partial charge < -0.3 is 10.1 Å². The molecule has 7 heteroatoms. The van der Waals surface area contributed by atoms with Crippen molar-refractivity contribution in [2.24, 2.45) is 0 Å². The smallest absolute Gasteiger partial charge is 0.387 e. The predicted molar refractivity (Wildman–Crippen MR) is 70.1 cm³/mol. The summed E-state index contributed by atoms with van der Waals surface area (Å²) in [5.74, 6) is -0.594. The molecule has 1 aromatic heterocycles. The van der Waals surface area contributed by atoms with Gasteiger partial charge in [-0.25, -0.2) is 0 Å².